The summed E-state index contributed by atoms with van der Waals surface area (Å²) >= 11 is 9.08. The van der Waals surface area contributed by atoms with Crippen LogP contribution < -0.4 is 5.32 Å². The van der Waals surface area contributed by atoms with Gasteiger partial charge in [-0.2, -0.15) is 0 Å². The number of hydrogen-bond acceptors (Lipinski definition) is 2. The van der Waals surface area contributed by atoms with Crippen LogP contribution in [-0.2, 0) is 6.54 Å². The molecule has 0 atom stereocenters. The number of hydrogen-bond donors (Lipinski definition) is 1. The number of furan rings is 1. The predicted molar refractivity (Wildman–Crippen MR) is 69.0 cm³/mol. The van der Waals surface area contributed by atoms with E-state index >= 15 is 0 Å². The molecule has 1 aromatic carbocycles. The zero-order chi connectivity index (χ0) is 12.3. The number of amides is 1. The number of nitrogens with one attached hydrogen (secondary N) is 1. The number of halogens is 2. The van der Waals surface area contributed by atoms with Crippen molar-refractivity contribution in [2.45, 2.75) is 6.54 Å². The first-order valence-corrected chi connectivity index (χ1v) is 6.09. The van der Waals surface area contributed by atoms with Gasteiger partial charge in [-0.3, -0.25) is 4.79 Å². The third-order valence-electron chi connectivity index (χ3n) is 2.20. The summed E-state index contributed by atoms with van der Waals surface area (Å²) in [5.41, 5.74) is 1.36. The Labute approximate surface area is 112 Å². The minimum Gasteiger partial charge on any atom is -0.452 e. The van der Waals surface area contributed by atoms with Crippen LogP contribution in [0.15, 0.2) is 45.5 Å². The van der Waals surface area contributed by atoms with Gasteiger partial charge in [0.15, 0.2) is 0 Å². The molecule has 0 aliphatic heterocycles. The van der Waals surface area contributed by atoms with Gasteiger partial charge >= 0.3 is 0 Å². The molecule has 0 fully saturated rings. The number of benzene rings is 1. The van der Waals surface area contributed by atoms with E-state index in [-0.39, 0.29) is 11.1 Å². The summed E-state index contributed by atoms with van der Waals surface area (Å²) in [6, 6.07) is 9.26. The molecule has 0 saturated heterocycles. The molecule has 1 heterocycles. The van der Waals surface area contributed by atoms with Gasteiger partial charge in [-0.15, -0.1) is 0 Å². The Balaban J connectivity index is 1.99. The van der Waals surface area contributed by atoms with E-state index in [1.54, 1.807) is 6.07 Å². The molecule has 17 heavy (non-hydrogen) atoms. The van der Waals surface area contributed by atoms with Gasteiger partial charge in [0, 0.05) is 11.0 Å². The van der Waals surface area contributed by atoms with Gasteiger partial charge < -0.3 is 9.73 Å². The van der Waals surface area contributed by atoms with Crippen LogP contribution in [0, 0.1) is 0 Å². The van der Waals surface area contributed by atoms with Crippen molar-refractivity contribution in [1.82, 2.24) is 5.32 Å². The lowest BCUT2D eigenvalue weighted by Crippen LogP contribution is -2.22. The van der Waals surface area contributed by atoms with Crippen molar-refractivity contribution in [2.24, 2.45) is 0 Å². The lowest BCUT2D eigenvalue weighted by molar-refractivity contribution is 0.0950. The molecular weight excluding hydrogens is 305 g/mol. The van der Waals surface area contributed by atoms with Gasteiger partial charge in [0.05, 0.1) is 11.8 Å². The highest BCUT2D eigenvalue weighted by atomic mass is 79.9. The average Bonchev–Trinajstić information content (AvgIpc) is 2.72. The third-order valence-corrected chi connectivity index (χ3v) is 2.99. The fraction of sp³-hybridized carbons (Fsp3) is 0.0833. The van der Waals surface area contributed by atoms with Gasteiger partial charge in [0.25, 0.3) is 5.91 Å². The Hall–Kier alpha value is -1.26. The summed E-state index contributed by atoms with van der Waals surface area (Å²) < 4.78 is 5.83. The van der Waals surface area contributed by atoms with Gasteiger partial charge in [-0.05, 0) is 35.4 Å². The molecule has 1 aromatic heterocycles. The van der Waals surface area contributed by atoms with E-state index < -0.39 is 0 Å². The number of carbonyl (C=O) groups is 1. The van der Waals surface area contributed by atoms with Crippen LogP contribution in [0.3, 0.4) is 0 Å². The molecule has 2 aromatic rings. The molecule has 88 valence electrons. The van der Waals surface area contributed by atoms with Gasteiger partial charge in [-0.25, -0.2) is 0 Å². The highest BCUT2D eigenvalue weighted by molar-refractivity contribution is 9.10. The van der Waals surface area contributed by atoms with Crippen LogP contribution in [0.4, 0.5) is 0 Å². The van der Waals surface area contributed by atoms with E-state index in [0.717, 1.165) is 10.0 Å². The molecule has 0 spiro atoms. The summed E-state index contributed by atoms with van der Waals surface area (Å²) in [7, 11) is 0. The fourth-order valence-electron chi connectivity index (χ4n) is 1.38. The molecule has 0 saturated carbocycles. The molecule has 2 rings (SSSR count). The SMILES string of the molecule is O=C(NCc1cccc(Br)c1)c1ccoc1Cl. The van der Waals surface area contributed by atoms with Gasteiger partial charge in [-0.1, -0.05) is 28.1 Å². The van der Waals surface area contributed by atoms with E-state index in [9.17, 15) is 4.79 Å². The summed E-state index contributed by atoms with van der Waals surface area (Å²) in [5, 5.41) is 2.87. The fourth-order valence-corrected chi connectivity index (χ4v) is 2.03. The molecule has 1 amide bonds. The second-order valence-electron chi connectivity index (χ2n) is 3.42. The third kappa shape index (κ3) is 3.11. The van der Waals surface area contributed by atoms with E-state index in [0.29, 0.717) is 12.1 Å². The number of carbonyl (C=O) groups excluding carboxylic acids is 1. The van der Waals surface area contributed by atoms with E-state index in [2.05, 4.69) is 21.2 Å². The van der Waals surface area contributed by atoms with Crippen molar-refractivity contribution >= 4 is 33.4 Å². The molecule has 3 nitrogen and oxygen atoms in total. The summed E-state index contributed by atoms with van der Waals surface area (Å²) in [6.45, 7) is 0.444. The first kappa shape index (κ1) is 12.2. The van der Waals surface area contributed by atoms with Gasteiger partial charge in [0.1, 0.15) is 0 Å². The molecule has 0 aliphatic rings. The van der Waals surface area contributed by atoms with Crippen molar-refractivity contribution in [3.63, 3.8) is 0 Å². The van der Waals surface area contributed by atoms with Crippen LogP contribution in [0.1, 0.15) is 15.9 Å². The smallest absolute Gasteiger partial charge is 0.256 e. The minimum absolute atomic E-state index is 0.108. The minimum atomic E-state index is -0.247. The molecule has 0 bridgehead atoms. The van der Waals surface area contributed by atoms with E-state index in [4.69, 9.17) is 16.0 Å². The Morgan fingerprint density at radius 1 is 1.41 bits per heavy atom. The first-order chi connectivity index (χ1) is 8.16. The Kier molecular flexibility index (Phi) is 3.86. The molecule has 5 heteroatoms. The van der Waals surface area contributed by atoms with Crippen LogP contribution in [-0.4, -0.2) is 5.91 Å². The molecule has 0 unspecified atom stereocenters. The average molecular weight is 315 g/mol. The molecule has 0 aliphatic carbocycles. The molecule has 0 radical (unpaired) electrons. The molecule has 1 N–H and O–H groups in total. The van der Waals surface area contributed by atoms with Crippen molar-refractivity contribution in [2.75, 3.05) is 0 Å². The Morgan fingerprint density at radius 2 is 2.24 bits per heavy atom. The van der Waals surface area contributed by atoms with Crippen LogP contribution >= 0.6 is 27.5 Å². The van der Waals surface area contributed by atoms with Crippen molar-refractivity contribution < 1.29 is 9.21 Å². The van der Waals surface area contributed by atoms with Crippen molar-refractivity contribution in [1.29, 1.82) is 0 Å². The van der Waals surface area contributed by atoms with E-state index in [1.807, 2.05) is 24.3 Å². The zero-order valence-corrected chi connectivity index (χ0v) is 11.1. The first-order valence-electron chi connectivity index (χ1n) is 4.92. The van der Waals surface area contributed by atoms with E-state index in [1.165, 1.54) is 6.26 Å². The maximum absolute atomic E-state index is 11.7. The molecular formula is C12H9BrClNO2. The summed E-state index contributed by atoms with van der Waals surface area (Å²) in [6.07, 6.45) is 1.39. The van der Waals surface area contributed by atoms with Crippen LogP contribution in [0.2, 0.25) is 5.22 Å². The maximum atomic E-state index is 11.7. The zero-order valence-electron chi connectivity index (χ0n) is 8.74. The normalized spacial score (nSPS) is 10.2. The monoisotopic (exact) mass is 313 g/mol. The second kappa shape index (κ2) is 5.38. The number of rotatable bonds is 3. The Morgan fingerprint density at radius 3 is 2.88 bits per heavy atom. The van der Waals surface area contributed by atoms with Crippen LogP contribution in [0.5, 0.6) is 0 Å². The lowest BCUT2D eigenvalue weighted by Gasteiger charge is -2.04. The second-order valence-corrected chi connectivity index (χ2v) is 4.68. The van der Waals surface area contributed by atoms with Gasteiger partial charge in [0.2, 0.25) is 5.22 Å². The van der Waals surface area contributed by atoms with Crippen molar-refractivity contribution in [3.05, 3.63) is 57.4 Å². The quantitative estimate of drug-likeness (QED) is 0.940. The highest BCUT2D eigenvalue weighted by Gasteiger charge is 2.12. The topological polar surface area (TPSA) is 42.2 Å². The van der Waals surface area contributed by atoms with Crippen LogP contribution in [0.25, 0.3) is 0 Å². The summed E-state index contributed by atoms with van der Waals surface area (Å²) in [4.78, 5) is 11.7. The predicted octanol–water partition coefficient (Wildman–Crippen LogP) is 3.63. The highest BCUT2D eigenvalue weighted by Crippen LogP contribution is 2.16. The summed E-state index contributed by atoms with van der Waals surface area (Å²) in [5.74, 6) is -0.247. The standard InChI is InChI=1S/C12H9BrClNO2/c13-9-3-1-2-8(6-9)7-15-12(16)10-4-5-17-11(10)14/h1-6H,7H2,(H,15,16). The van der Waals surface area contributed by atoms with Crippen molar-refractivity contribution in [3.8, 4) is 0 Å². The Bertz CT molecular complexity index is 539. The lowest BCUT2D eigenvalue weighted by atomic mass is 10.2. The largest absolute Gasteiger partial charge is 0.452 e. The maximum Gasteiger partial charge on any atom is 0.256 e.